The number of nitrogens with zero attached hydrogens (tertiary/aromatic N) is 4. The van der Waals surface area contributed by atoms with Gasteiger partial charge in [-0.2, -0.15) is 5.10 Å². The average molecular weight is 273 g/mol. The normalized spacial score (nSPS) is 12.9. The first-order valence-corrected chi connectivity index (χ1v) is 7.01. The van der Waals surface area contributed by atoms with Crippen molar-refractivity contribution in [1.82, 2.24) is 24.9 Å². The molecule has 0 spiro atoms. The number of nitrogens with one attached hydrogen (secondary N) is 1. The molecule has 1 atom stereocenters. The number of fused-ring (bicyclic) bond motifs is 1. The third kappa shape index (κ3) is 2.36. The molecule has 1 N–H and O–H groups in total. The molecule has 6 heteroatoms. The molecule has 0 amide bonds. The summed E-state index contributed by atoms with van der Waals surface area (Å²) in [5, 5.41) is 10.9. The Labute approximate surface area is 115 Å². The Hall–Kier alpha value is -1.79. The SMILES string of the molecule is CNC(Cc1csc(C)n1)c1cnn2ccncc12. The molecule has 0 fully saturated rings. The lowest BCUT2D eigenvalue weighted by Crippen LogP contribution is -2.18. The quantitative estimate of drug-likeness (QED) is 0.790. The Morgan fingerprint density at radius 2 is 2.32 bits per heavy atom. The van der Waals surface area contributed by atoms with Gasteiger partial charge in [0.15, 0.2) is 0 Å². The average Bonchev–Trinajstić information content (AvgIpc) is 3.02. The minimum atomic E-state index is 0.197. The third-order valence-electron chi connectivity index (χ3n) is 3.16. The van der Waals surface area contributed by atoms with Crippen molar-refractivity contribution in [3.05, 3.63) is 46.4 Å². The van der Waals surface area contributed by atoms with Gasteiger partial charge < -0.3 is 5.32 Å². The van der Waals surface area contributed by atoms with Crippen LogP contribution in [0, 0.1) is 6.92 Å². The number of thiazole rings is 1. The second kappa shape index (κ2) is 5.07. The van der Waals surface area contributed by atoms with Crippen LogP contribution < -0.4 is 5.32 Å². The van der Waals surface area contributed by atoms with Gasteiger partial charge in [-0.3, -0.25) is 4.98 Å². The molecule has 3 heterocycles. The largest absolute Gasteiger partial charge is 0.313 e. The Morgan fingerprint density at radius 1 is 1.42 bits per heavy atom. The van der Waals surface area contributed by atoms with Gasteiger partial charge >= 0.3 is 0 Å². The van der Waals surface area contributed by atoms with Gasteiger partial charge in [-0.25, -0.2) is 9.50 Å². The molecule has 19 heavy (non-hydrogen) atoms. The van der Waals surface area contributed by atoms with Crippen LogP contribution in [0.1, 0.15) is 22.3 Å². The summed E-state index contributed by atoms with van der Waals surface area (Å²) in [6.07, 6.45) is 8.20. The van der Waals surface area contributed by atoms with Gasteiger partial charge in [0.05, 0.1) is 28.6 Å². The molecule has 3 aromatic rings. The fraction of sp³-hybridized carbons (Fsp3) is 0.308. The van der Waals surface area contributed by atoms with Crippen molar-refractivity contribution in [2.24, 2.45) is 0 Å². The fourth-order valence-corrected chi connectivity index (χ4v) is 2.83. The highest BCUT2D eigenvalue weighted by molar-refractivity contribution is 7.09. The molecule has 0 saturated heterocycles. The van der Waals surface area contributed by atoms with Gasteiger partial charge in [0, 0.05) is 35.8 Å². The molecular formula is C13H15N5S. The van der Waals surface area contributed by atoms with E-state index in [2.05, 4.69) is 25.8 Å². The minimum Gasteiger partial charge on any atom is -0.313 e. The summed E-state index contributed by atoms with van der Waals surface area (Å²) < 4.78 is 1.85. The molecule has 0 radical (unpaired) electrons. The standard InChI is InChI=1S/C13H15N5S/c1-9-17-10(8-19-9)5-12(14-2)11-6-16-18-4-3-15-7-13(11)18/h3-4,6-8,12,14H,5H2,1-2H3. The Morgan fingerprint density at radius 3 is 3.05 bits per heavy atom. The van der Waals surface area contributed by atoms with Crippen LogP contribution in [0.5, 0.6) is 0 Å². The summed E-state index contributed by atoms with van der Waals surface area (Å²) in [7, 11) is 1.96. The highest BCUT2D eigenvalue weighted by atomic mass is 32.1. The van der Waals surface area contributed by atoms with Crippen LogP contribution in [-0.2, 0) is 6.42 Å². The smallest absolute Gasteiger partial charge is 0.0897 e. The van der Waals surface area contributed by atoms with Gasteiger partial charge in [0.25, 0.3) is 0 Å². The van der Waals surface area contributed by atoms with E-state index in [0.717, 1.165) is 28.2 Å². The number of likely N-dealkylation sites (N-methyl/N-ethyl adjacent to an activating group) is 1. The van der Waals surface area contributed by atoms with E-state index < -0.39 is 0 Å². The third-order valence-corrected chi connectivity index (χ3v) is 3.98. The summed E-state index contributed by atoms with van der Waals surface area (Å²) in [6, 6.07) is 0.197. The van der Waals surface area contributed by atoms with Crippen LogP contribution in [0.4, 0.5) is 0 Å². The molecule has 98 valence electrons. The van der Waals surface area contributed by atoms with Crippen molar-refractivity contribution in [1.29, 1.82) is 0 Å². The molecular weight excluding hydrogens is 258 g/mol. The Bertz CT molecular complexity index is 687. The van der Waals surface area contributed by atoms with E-state index in [1.165, 1.54) is 0 Å². The van der Waals surface area contributed by atoms with E-state index in [-0.39, 0.29) is 6.04 Å². The van der Waals surface area contributed by atoms with Gasteiger partial charge in [-0.1, -0.05) is 0 Å². The summed E-state index contributed by atoms with van der Waals surface area (Å²) in [5.74, 6) is 0. The first-order chi connectivity index (χ1) is 9.28. The lowest BCUT2D eigenvalue weighted by atomic mass is 10.0. The molecule has 0 aliphatic rings. The summed E-state index contributed by atoms with van der Waals surface area (Å²) >= 11 is 1.69. The number of aryl methyl sites for hydroxylation is 1. The molecule has 3 rings (SSSR count). The topological polar surface area (TPSA) is 55.1 Å². The first-order valence-electron chi connectivity index (χ1n) is 6.13. The van der Waals surface area contributed by atoms with Crippen LogP contribution in [0.3, 0.4) is 0 Å². The van der Waals surface area contributed by atoms with Crippen molar-refractivity contribution in [3.8, 4) is 0 Å². The molecule has 5 nitrogen and oxygen atoms in total. The fourth-order valence-electron chi connectivity index (χ4n) is 2.20. The number of aromatic nitrogens is 4. The molecule has 0 aromatic carbocycles. The molecule has 1 unspecified atom stereocenters. The monoisotopic (exact) mass is 273 g/mol. The van der Waals surface area contributed by atoms with E-state index in [9.17, 15) is 0 Å². The zero-order chi connectivity index (χ0) is 13.2. The maximum atomic E-state index is 4.52. The molecule has 0 bridgehead atoms. The van der Waals surface area contributed by atoms with Crippen LogP contribution >= 0.6 is 11.3 Å². The van der Waals surface area contributed by atoms with Crippen LogP contribution in [0.2, 0.25) is 0 Å². The summed E-state index contributed by atoms with van der Waals surface area (Å²) in [4.78, 5) is 8.70. The second-order valence-corrected chi connectivity index (χ2v) is 5.47. The number of hydrogen-bond acceptors (Lipinski definition) is 5. The molecule has 0 aliphatic carbocycles. The second-order valence-electron chi connectivity index (χ2n) is 4.41. The predicted molar refractivity (Wildman–Crippen MR) is 75.3 cm³/mol. The van der Waals surface area contributed by atoms with E-state index >= 15 is 0 Å². The van der Waals surface area contributed by atoms with E-state index in [1.54, 1.807) is 17.5 Å². The van der Waals surface area contributed by atoms with Crippen molar-refractivity contribution in [2.75, 3.05) is 7.05 Å². The molecule has 0 aliphatic heterocycles. The predicted octanol–water partition coefficient (Wildman–Crippen LogP) is 2.00. The lowest BCUT2D eigenvalue weighted by Gasteiger charge is -2.13. The van der Waals surface area contributed by atoms with Gasteiger partial charge in [0.1, 0.15) is 0 Å². The van der Waals surface area contributed by atoms with Crippen molar-refractivity contribution < 1.29 is 0 Å². The summed E-state index contributed by atoms with van der Waals surface area (Å²) in [6.45, 7) is 2.03. The lowest BCUT2D eigenvalue weighted by molar-refractivity contribution is 0.589. The number of hydrogen-bond donors (Lipinski definition) is 1. The molecule has 3 aromatic heterocycles. The first kappa shape index (κ1) is 12.3. The zero-order valence-electron chi connectivity index (χ0n) is 10.9. The van der Waals surface area contributed by atoms with E-state index in [0.29, 0.717) is 0 Å². The van der Waals surface area contributed by atoms with Crippen LogP contribution in [0.15, 0.2) is 30.2 Å². The summed E-state index contributed by atoms with van der Waals surface area (Å²) in [5.41, 5.74) is 3.31. The molecule has 0 saturated carbocycles. The number of rotatable bonds is 4. The van der Waals surface area contributed by atoms with Crippen molar-refractivity contribution >= 4 is 16.9 Å². The van der Waals surface area contributed by atoms with Crippen molar-refractivity contribution in [2.45, 2.75) is 19.4 Å². The Kier molecular flexibility index (Phi) is 3.27. The van der Waals surface area contributed by atoms with Crippen LogP contribution in [0.25, 0.3) is 5.52 Å². The van der Waals surface area contributed by atoms with E-state index in [4.69, 9.17) is 0 Å². The maximum absolute atomic E-state index is 4.52. The minimum absolute atomic E-state index is 0.197. The highest BCUT2D eigenvalue weighted by Crippen LogP contribution is 2.22. The Balaban J connectivity index is 1.93. The highest BCUT2D eigenvalue weighted by Gasteiger charge is 2.16. The van der Waals surface area contributed by atoms with E-state index in [1.807, 2.05) is 37.1 Å². The van der Waals surface area contributed by atoms with Crippen LogP contribution in [-0.4, -0.2) is 26.6 Å². The zero-order valence-corrected chi connectivity index (χ0v) is 11.7. The van der Waals surface area contributed by atoms with Crippen molar-refractivity contribution in [3.63, 3.8) is 0 Å². The maximum Gasteiger partial charge on any atom is 0.0897 e. The van der Waals surface area contributed by atoms with Gasteiger partial charge in [-0.15, -0.1) is 11.3 Å². The van der Waals surface area contributed by atoms with Gasteiger partial charge in [-0.05, 0) is 14.0 Å². The van der Waals surface area contributed by atoms with Gasteiger partial charge in [0.2, 0.25) is 0 Å².